The van der Waals surface area contributed by atoms with Crippen LogP contribution in [0, 0.1) is 17.7 Å². The fourth-order valence-electron chi connectivity index (χ4n) is 2.87. The summed E-state index contributed by atoms with van der Waals surface area (Å²) in [5.41, 5.74) is 0.589. The minimum absolute atomic E-state index is 0.0559. The van der Waals surface area contributed by atoms with Gasteiger partial charge in [-0.3, -0.25) is 4.79 Å². The highest BCUT2D eigenvalue weighted by Gasteiger charge is 2.30. The molecule has 1 fully saturated rings. The van der Waals surface area contributed by atoms with Gasteiger partial charge in [-0.2, -0.15) is 0 Å². The largest absolute Gasteiger partial charge is 0.384 e. The quantitative estimate of drug-likeness (QED) is 0.807. The van der Waals surface area contributed by atoms with Crippen LogP contribution >= 0.6 is 0 Å². The summed E-state index contributed by atoms with van der Waals surface area (Å²) in [6, 6.07) is 4.47. The SMILES string of the molecule is C[C@@H]1CCC[C@H](C)N1C(=O)c1cc(C#CCO)ccc1F. The maximum atomic E-state index is 14.0. The third-order valence-electron chi connectivity index (χ3n) is 3.94. The summed E-state index contributed by atoms with van der Waals surface area (Å²) in [5.74, 6) is 4.40. The standard InChI is InChI=1S/C17H20FNO2/c1-12-5-3-6-13(2)19(12)17(21)15-11-14(7-4-10-20)8-9-16(15)18/h8-9,11-13,20H,3,5-6,10H2,1-2H3/t12-,13+. The van der Waals surface area contributed by atoms with E-state index in [0.29, 0.717) is 5.56 Å². The van der Waals surface area contributed by atoms with Crippen molar-refractivity contribution in [2.45, 2.75) is 45.2 Å². The van der Waals surface area contributed by atoms with Crippen LogP contribution in [0.4, 0.5) is 4.39 Å². The van der Waals surface area contributed by atoms with Gasteiger partial charge in [0.05, 0.1) is 5.56 Å². The molecule has 1 amide bonds. The molecular weight excluding hydrogens is 269 g/mol. The number of hydrogen-bond donors (Lipinski definition) is 1. The Morgan fingerprint density at radius 1 is 1.38 bits per heavy atom. The number of carbonyl (C=O) groups excluding carboxylic acids is 1. The Bertz CT molecular complexity index is 578. The number of halogens is 1. The van der Waals surface area contributed by atoms with Gasteiger partial charge in [0.1, 0.15) is 12.4 Å². The van der Waals surface area contributed by atoms with Gasteiger partial charge in [0.15, 0.2) is 0 Å². The summed E-state index contributed by atoms with van der Waals surface area (Å²) in [4.78, 5) is 14.4. The summed E-state index contributed by atoms with van der Waals surface area (Å²) >= 11 is 0. The fraction of sp³-hybridized carbons (Fsp3) is 0.471. The zero-order valence-electron chi connectivity index (χ0n) is 12.4. The van der Waals surface area contributed by atoms with E-state index in [0.717, 1.165) is 19.3 Å². The van der Waals surface area contributed by atoms with Crippen molar-refractivity contribution in [3.63, 3.8) is 0 Å². The Morgan fingerprint density at radius 3 is 2.67 bits per heavy atom. The molecule has 0 spiro atoms. The van der Waals surface area contributed by atoms with Gasteiger partial charge >= 0.3 is 0 Å². The van der Waals surface area contributed by atoms with Crippen molar-refractivity contribution in [2.24, 2.45) is 0 Å². The van der Waals surface area contributed by atoms with E-state index in [1.54, 1.807) is 4.90 Å². The third kappa shape index (κ3) is 3.43. The Balaban J connectivity index is 2.33. The van der Waals surface area contributed by atoms with Gasteiger partial charge in [-0.15, -0.1) is 0 Å². The molecule has 1 aliphatic heterocycles. The third-order valence-corrected chi connectivity index (χ3v) is 3.94. The maximum Gasteiger partial charge on any atom is 0.257 e. The van der Waals surface area contributed by atoms with Crippen molar-refractivity contribution in [3.05, 3.63) is 35.1 Å². The number of rotatable bonds is 1. The lowest BCUT2D eigenvalue weighted by Crippen LogP contribution is -2.47. The highest BCUT2D eigenvalue weighted by Crippen LogP contribution is 2.25. The molecule has 1 saturated heterocycles. The minimum Gasteiger partial charge on any atom is -0.384 e. The topological polar surface area (TPSA) is 40.5 Å². The van der Waals surface area contributed by atoms with Crippen molar-refractivity contribution in [3.8, 4) is 11.8 Å². The van der Waals surface area contributed by atoms with Crippen LogP contribution in [0.15, 0.2) is 18.2 Å². The minimum atomic E-state index is -0.528. The number of benzene rings is 1. The van der Waals surface area contributed by atoms with Crippen molar-refractivity contribution in [1.29, 1.82) is 0 Å². The zero-order chi connectivity index (χ0) is 15.4. The molecule has 1 heterocycles. The van der Waals surface area contributed by atoms with E-state index in [4.69, 9.17) is 5.11 Å². The molecule has 1 aliphatic rings. The van der Waals surface area contributed by atoms with Crippen molar-refractivity contribution < 1.29 is 14.3 Å². The molecular formula is C17H20FNO2. The van der Waals surface area contributed by atoms with Crippen LogP contribution in [0.1, 0.15) is 49.0 Å². The Hall–Kier alpha value is -1.86. The monoisotopic (exact) mass is 289 g/mol. The first-order valence-corrected chi connectivity index (χ1v) is 7.26. The molecule has 1 aromatic rings. The van der Waals surface area contributed by atoms with Crippen LogP contribution in [-0.2, 0) is 0 Å². The van der Waals surface area contributed by atoms with E-state index in [1.807, 2.05) is 13.8 Å². The van der Waals surface area contributed by atoms with Crippen LogP contribution < -0.4 is 0 Å². The predicted octanol–water partition coefficient (Wildman–Crippen LogP) is 2.57. The van der Waals surface area contributed by atoms with Gasteiger partial charge in [-0.05, 0) is 51.3 Å². The molecule has 0 bridgehead atoms. The van der Waals surface area contributed by atoms with E-state index >= 15 is 0 Å². The smallest absolute Gasteiger partial charge is 0.257 e. The molecule has 1 N–H and O–H groups in total. The first-order valence-electron chi connectivity index (χ1n) is 7.26. The van der Waals surface area contributed by atoms with E-state index in [9.17, 15) is 9.18 Å². The Kier molecular flexibility index (Phi) is 4.98. The molecule has 2 rings (SSSR count). The molecule has 1 aromatic carbocycles. The highest BCUT2D eigenvalue weighted by molar-refractivity contribution is 5.95. The van der Waals surface area contributed by atoms with E-state index < -0.39 is 5.82 Å². The number of amides is 1. The van der Waals surface area contributed by atoms with E-state index in [1.165, 1.54) is 18.2 Å². The first kappa shape index (κ1) is 15.5. The maximum absolute atomic E-state index is 14.0. The van der Waals surface area contributed by atoms with Crippen molar-refractivity contribution >= 4 is 5.91 Å². The van der Waals surface area contributed by atoms with Crippen LogP contribution in [0.25, 0.3) is 0 Å². The molecule has 0 saturated carbocycles. The molecule has 2 atom stereocenters. The summed E-state index contributed by atoms with van der Waals surface area (Å²) in [6.07, 6.45) is 2.99. The number of aliphatic hydroxyl groups excluding tert-OH is 1. The Morgan fingerprint density at radius 2 is 2.05 bits per heavy atom. The van der Waals surface area contributed by atoms with Crippen LogP contribution in [0.5, 0.6) is 0 Å². The molecule has 0 aromatic heterocycles. The summed E-state index contributed by atoms with van der Waals surface area (Å²) < 4.78 is 14.0. The summed E-state index contributed by atoms with van der Waals surface area (Å²) in [6.45, 7) is 3.74. The lowest BCUT2D eigenvalue weighted by atomic mass is 9.96. The van der Waals surface area contributed by atoms with Gasteiger partial charge < -0.3 is 10.0 Å². The average Bonchev–Trinajstić information content (AvgIpc) is 2.46. The number of nitrogens with zero attached hydrogens (tertiary/aromatic N) is 1. The second-order valence-electron chi connectivity index (χ2n) is 5.50. The van der Waals surface area contributed by atoms with E-state index in [-0.39, 0.29) is 30.2 Å². The van der Waals surface area contributed by atoms with Gasteiger partial charge in [0.2, 0.25) is 0 Å². The van der Waals surface area contributed by atoms with Crippen LogP contribution in [0.2, 0.25) is 0 Å². The molecule has 0 radical (unpaired) electrons. The Labute approximate surface area is 124 Å². The zero-order valence-corrected chi connectivity index (χ0v) is 12.4. The number of aliphatic hydroxyl groups is 1. The van der Waals surface area contributed by atoms with Gasteiger partial charge in [0.25, 0.3) is 5.91 Å². The van der Waals surface area contributed by atoms with Crippen molar-refractivity contribution in [2.75, 3.05) is 6.61 Å². The molecule has 21 heavy (non-hydrogen) atoms. The molecule has 4 heteroatoms. The average molecular weight is 289 g/mol. The lowest BCUT2D eigenvalue weighted by molar-refractivity contribution is 0.0506. The molecule has 112 valence electrons. The van der Waals surface area contributed by atoms with E-state index in [2.05, 4.69) is 11.8 Å². The van der Waals surface area contributed by atoms with Crippen LogP contribution in [0.3, 0.4) is 0 Å². The first-order chi connectivity index (χ1) is 10.0. The number of carbonyl (C=O) groups is 1. The van der Waals surface area contributed by atoms with Gasteiger partial charge in [-0.25, -0.2) is 4.39 Å². The van der Waals surface area contributed by atoms with Gasteiger partial charge in [-0.1, -0.05) is 11.8 Å². The molecule has 0 unspecified atom stereocenters. The fourth-order valence-corrected chi connectivity index (χ4v) is 2.87. The highest BCUT2D eigenvalue weighted by atomic mass is 19.1. The molecule has 3 nitrogen and oxygen atoms in total. The normalized spacial score (nSPS) is 21.6. The lowest BCUT2D eigenvalue weighted by Gasteiger charge is -2.39. The second-order valence-corrected chi connectivity index (χ2v) is 5.50. The van der Waals surface area contributed by atoms with Crippen molar-refractivity contribution in [1.82, 2.24) is 4.90 Å². The number of piperidine rings is 1. The number of hydrogen-bond acceptors (Lipinski definition) is 2. The molecule has 0 aliphatic carbocycles. The van der Waals surface area contributed by atoms with Gasteiger partial charge in [0, 0.05) is 17.6 Å². The number of likely N-dealkylation sites (tertiary alicyclic amines) is 1. The summed E-state index contributed by atoms with van der Waals surface area (Å²) in [5, 5.41) is 8.71. The van der Waals surface area contributed by atoms with Crippen LogP contribution in [-0.4, -0.2) is 34.6 Å². The summed E-state index contributed by atoms with van der Waals surface area (Å²) in [7, 11) is 0. The second kappa shape index (κ2) is 6.73. The predicted molar refractivity (Wildman–Crippen MR) is 79.3 cm³/mol.